The van der Waals surface area contributed by atoms with Crippen LogP contribution in [0, 0.1) is 6.92 Å². The molecule has 1 saturated heterocycles. The van der Waals surface area contributed by atoms with Gasteiger partial charge in [-0.15, -0.1) is 0 Å². The molecule has 0 saturated carbocycles. The van der Waals surface area contributed by atoms with E-state index in [2.05, 4.69) is 15.3 Å². The van der Waals surface area contributed by atoms with Gasteiger partial charge in [0.25, 0.3) is 5.91 Å². The second-order valence-corrected chi connectivity index (χ2v) is 8.10. The van der Waals surface area contributed by atoms with Crippen molar-refractivity contribution in [3.63, 3.8) is 0 Å². The number of pyridine rings is 1. The first-order valence-electron chi connectivity index (χ1n) is 9.47. The van der Waals surface area contributed by atoms with E-state index in [-0.39, 0.29) is 18.0 Å². The summed E-state index contributed by atoms with van der Waals surface area (Å²) in [5.74, 6) is 0.391. The minimum absolute atomic E-state index is 0.132. The van der Waals surface area contributed by atoms with Gasteiger partial charge in [-0.1, -0.05) is 0 Å². The summed E-state index contributed by atoms with van der Waals surface area (Å²) >= 11 is 0. The summed E-state index contributed by atoms with van der Waals surface area (Å²) in [6.45, 7) is 8.51. The third-order valence-corrected chi connectivity index (χ3v) is 4.37. The number of hydrogen-bond donors (Lipinski definition) is 1. The molecule has 2 aromatic heterocycles. The molecular weight excluding hydrogens is 358 g/mol. The van der Waals surface area contributed by atoms with Gasteiger partial charge < -0.3 is 15.0 Å². The van der Waals surface area contributed by atoms with E-state index in [4.69, 9.17) is 4.74 Å². The molecular formula is C20H27N5O3. The molecule has 1 fully saturated rings. The summed E-state index contributed by atoms with van der Waals surface area (Å²) in [5, 5.41) is 3.01. The maximum Gasteiger partial charge on any atom is 0.410 e. The van der Waals surface area contributed by atoms with Crippen LogP contribution in [0.1, 0.15) is 49.7 Å². The number of carbonyl (C=O) groups excluding carboxylic acids is 2. The van der Waals surface area contributed by atoms with Gasteiger partial charge >= 0.3 is 6.09 Å². The largest absolute Gasteiger partial charge is 0.444 e. The van der Waals surface area contributed by atoms with E-state index in [1.54, 1.807) is 34.3 Å². The minimum atomic E-state index is -0.539. The summed E-state index contributed by atoms with van der Waals surface area (Å²) in [6, 6.07) is 3.51. The van der Waals surface area contributed by atoms with Crippen LogP contribution in [0.4, 0.5) is 4.79 Å². The summed E-state index contributed by atoms with van der Waals surface area (Å²) in [7, 11) is 0. The van der Waals surface area contributed by atoms with E-state index in [9.17, 15) is 9.59 Å². The van der Waals surface area contributed by atoms with Gasteiger partial charge in [0.1, 0.15) is 23.4 Å². The number of nitrogens with zero attached hydrogens (tertiary/aromatic N) is 4. The number of amides is 2. The molecule has 2 aromatic rings. The van der Waals surface area contributed by atoms with Crippen molar-refractivity contribution in [1.82, 2.24) is 24.8 Å². The van der Waals surface area contributed by atoms with E-state index in [1.807, 2.05) is 33.8 Å². The molecule has 8 nitrogen and oxygen atoms in total. The van der Waals surface area contributed by atoms with Crippen molar-refractivity contribution < 1.29 is 14.3 Å². The Balaban J connectivity index is 1.67. The average Bonchev–Trinajstić information content (AvgIpc) is 3.14. The molecule has 1 aliphatic rings. The predicted molar refractivity (Wildman–Crippen MR) is 104 cm³/mol. The molecule has 0 aliphatic carbocycles. The second-order valence-electron chi connectivity index (χ2n) is 8.10. The van der Waals surface area contributed by atoms with Crippen LogP contribution < -0.4 is 5.32 Å². The van der Waals surface area contributed by atoms with Gasteiger partial charge in [0.15, 0.2) is 0 Å². The first-order valence-corrected chi connectivity index (χ1v) is 9.47. The van der Waals surface area contributed by atoms with E-state index in [1.165, 1.54) is 0 Å². The fraction of sp³-hybridized carbons (Fsp3) is 0.500. The topological polar surface area (TPSA) is 89.4 Å². The highest BCUT2D eigenvalue weighted by molar-refractivity contribution is 5.93. The Bertz CT molecular complexity index is 842. The van der Waals surface area contributed by atoms with Crippen molar-refractivity contribution in [2.24, 2.45) is 0 Å². The highest BCUT2D eigenvalue weighted by Gasteiger charge is 2.28. The molecule has 1 atom stereocenters. The van der Waals surface area contributed by atoms with Gasteiger partial charge in [-0.2, -0.15) is 0 Å². The van der Waals surface area contributed by atoms with E-state index in [0.717, 1.165) is 18.4 Å². The normalized spacial score (nSPS) is 17.3. The third kappa shape index (κ3) is 5.09. The molecule has 28 heavy (non-hydrogen) atoms. The smallest absolute Gasteiger partial charge is 0.410 e. The average molecular weight is 385 g/mol. The molecule has 0 unspecified atom stereocenters. The number of aromatic nitrogens is 3. The van der Waals surface area contributed by atoms with Crippen molar-refractivity contribution in [1.29, 1.82) is 0 Å². The lowest BCUT2D eigenvalue weighted by atomic mass is 10.1. The fourth-order valence-electron chi connectivity index (χ4n) is 3.14. The Labute approximate surface area is 164 Å². The first-order chi connectivity index (χ1) is 13.2. The van der Waals surface area contributed by atoms with Crippen LogP contribution in [-0.4, -0.2) is 56.2 Å². The van der Waals surface area contributed by atoms with Gasteiger partial charge in [0, 0.05) is 31.5 Å². The highest BCUT2D eigenvalue weighted by Crippen LogP contribution is 2.16. The van der Waals surface area contributed by atoms with Crippen LogP contribution in [-0.2, 0) is 4.74 Å². The van der Waals surface area contributed by atoms with Gasteiger partial charge in [-0.05, 0) is 58.2 Å². The zero-order chi connectivity index (χ0) is 20.3. The summed E-state index contributed by atoms with van der Waals surface area (Å²) in [4.78, 5) is 35.2. The Kier molecular flexibility index (Phi) is 5.67. The van der Waals surface area contributed by atoms with Gasteiger partial charge in [0.2, 0.25) is 0 Å². The number of piperidine rings is 1. The molecule has 1 aliphatic heterocycles. The minimum Gasteiger partial charge on any atom is -0.444 e. The Hall–Kier alpha value is -2.90. The standard InChI is InChI=1S/C20H27N5O3/c1-14-10-16(23-17(11-14)25-9-7-21-13-25)18(26)22-15-6-5-8-24(12-15)19(27)28-20(2,3)4/h7,9-11,13,15H,5-6,8,12H2,1-4H3,(H,22,26)/t15-/m0/s1. The molecule has 150 valence electrons. The number of carbonyl (C=O) groups is 2. The number of imidazole rings is 1. The van der Waals surface area contributed by atoms with E-state index < -0.39 is 5.60 Å². The number of ether oxygens (including phenoxy) is 1. The van der Waals surface area contributed by atoms with Crippen molar-refractivity contribution in [3.05, 3.63) is 42.1 Å². The number of rotatable bonds is 3. The molecule has 2 amide bonds. The molecule has 3 rings (SSSR count). The number of aryl methyl sites for hydroxylation is 1. The Morgan fingerprint density at radius 3 is 2.75 bits per heavy atom. The maximum absolute atomic E-state index is 12.8. The van der Waals surface area contributed by atoms with Crippen molar-refractivity contribution in [2.45, 2.75) is 52.2 Å². The highest BCUT2D eigenvalue weighted by atomic mass is 16.6. The van der Waals surface area contributed by atoms with Gasteiger partial charge in [-0.3, -0.25) is 9.36 Å². The lowest BCUT2D eigenvalue weighted by Gasteiger charge is -2.34. The van der Waals surface area contributed by atoms with Crippen LogP contribution in [0.5, 0.6) is 0 Å². The summed E-state index contributed by atoms with van der Waals surface area (Å²) in [5.41, 5.74) is 0.739. The van der Waals surface area contributed by atoms with Crippen molar-refractivity contribution in [2.75, 3.05) is 13.1 Å². The molecule has 8 heteroatoms. The fourth-order valence-corrected chi connectivity index (χ4v) is 3.14. The van der Waals surface area contributed by atoms with E-state index >= 15 is 0 Å². The van der Waals surface area contributed by atoms with Gasteiger partial charge in [-0.25, -0.2) is 14.8 Å². The molecule has 0 aromatic carbocycles. The zero-order valence-electron chi connectivity index (χ0n) is 16.8. The van der Waals surface area contributed by atoms with Crippen molar-refractivity contribution in [3.8, 4) is 5.82 Å². The SMILES string of the molecule is Cc1cc(C(=O)N[C@H]2CCCN(C(=O)OC(C)(C)C)C2)nc(-n2ccnc2)c1. The van der Waals surface area contributed by atoms with Gasteiger partial charge in [0.05, 0.1) is 0 Å². The lowest BCUT2D eigenvalue weighted by Crippen LogP contribution is -2.50. The van der Waals surface area contributed by atoms with Crippen LogP contribution in [0.15, 0.2) is 30.9 Å². The molecule has 0 spiro atoms. The monoisotopic (exact) mass is 385 g/mol. The van der Waals surface area contributed by atoms with Crippen LogP contribution in [0.25, 0.3) is 5.82 Å². The number of likely N-dealkylation sites (tertiary alicyclic amines) is 1. The summed E-state index contributed by atoms with van der Waals surface area (Å²) < 4.78 is 7.20. The molecule has 3 heterocycles. The first kappa shape index (κ1) is 19.9. The third-order valence-electron chi connectivity index (χ3n) is 4.37. The van der Waals surface area contributed by atoms with Crippen molar-refractivity contribution >= 4 is 12.0 Å². The van der Waals surface area contributed by atoms with E-state index in [0.29, 0.717) is 24.6 Å². The quantitative estimate of drug-likeness (QED) is 0.877. The molecule has 0 radical (unpaired) electrons. The van der Waals surface area contributed by atoms with Crippen LogP contribution in [0.2, 0.25) is 0 Å². The molecule has 0 bridgehead atoms. The molecule has 1 N–H and O–H groups in total. The predicted octanol–water partition coefficient (Wildman–Crippen LogP) is 2.71. The lowest BCUT2D eigenvalue weighted by molar-refractivity contribution is 0.0185. The zero-order valence-corrected chi connectivity index (χ0v) is 16.8. The maximum atomic E-state index is 12.8. The van der Waals surface area contributed by atoms with Crippen LogP contribution >= 0.6 is 0 Å². The second kappa shape index (κ2) is 8.00. The van der Waals surface area contributed by atoms with Crippen LogP contribution in [0.3, 0.4) is 0 Å². The Morgan fingerprint density at radius 2 is 2.07 bits per heavy atom. The number of hydrogen-bond acceptors (Lipinski definition) is 5. The Morgan fingerprint density at radius 1 is 1.29 bits per heavy atom. The summed E-state index contributed by atoms with van der Waals surface area (Å²) in [6.07, 6.45) is 6.36. The number of nitrogens with one attached hydrogen (secondary N) is 1.